The summed E-state index contributed by atoms with van der Waals surface area (Å²) in [7, 11) is 1.51. The van der Waals surface area contributed by atoms with E-state index in [1.165, 1.54) is 35.1 Å². The minimum absolute atomic E-state index is 0.158. The van der Waals surface area contributed by atoms with Crippen molar-refractivity contribution < 1.29 is 28.6 Å². The number of thiazole rings is 1. The van der Waals surface area contributed by atoms with E-state index in [0.717, 1.165) is 6.42 Å². The average Bonchev–Trinajstić information content (AvgIpc) is 3.57. The molecule has 0 aliphatic carbocycles. The van der Waals surface area contributed by atoms with Gasteiger partial charge in [-0.3, -0.25) is 9.36 Å². The smallest absolute Gasteiger partial charge is 0.338 e. The molecule has 4 aromatic rings. The lowest BCUT2D eigenvalue weighted by atomic mass is 9.93. The van der Waals surface area contributed by atoms with E-state index in [0.29, 0.717) is 54.9 Å². The van der Waals surface area contributed by atoms with Gasteiger partial charge < -0.3 is 19.0 Å². The third-order valence-electron chi connectivity index (χ3n) is 6.70. The number of furan rings is 1. The largest absolute Gasteiger partial charge is 0.496 e. The Labute approximate surface area is 249 Å². The summed E-state index contributed by atoms with van der Waals surface area (Å²) in [6.45, 7) is 3.87. The van der Waals surface area contributed by atoms with Crippen molar-refractivity contribution in [2.45, 2.75) is 32.7 Å². The molecule has 3 heterocycles. The van der Waals surface area contributed by atoms with Gasteiger partial charge in [-0.25, -0.2) is 14.6 Å². The van der Waals surface area contributed by atoms with Crippen LogP contribution < -0.4 is 19.6 Å². The average molecular weight is 607 g/mol. The molecule has 0 unspecified atom stereocenters. The van der Waals surface area contributed by atoms with Gasteiger partial charge in [0.25, 0.3) is 5.56 Å². The SMILES string of the molecule is CCCC1=C(C(=O)OCC)[C@H](c2cc(Cl)ccc2OC)n2c(s/c(=C/c3ccc(-c4ccc(C(=O)O)cc4)o3)c2=O)=N1. The van der Waals surface area contributed by atoms with Crippen LogP contribution in [0.2, 0.25) is 5.02 Å². The van der Waals surface area contributed by atoms with Gasteiger partial charge in [0, 0.05) is 22.2 Å². The second kappa shape index (κ2) is 12.2. The van der Waals surface area contributed by atoms with E-state index in [2.05, 4.69) is 0 Å². The molecule has 5 rings (SSSR count). The zero-order chi connectivity index (χ0) is 30.0. The second-order valence-electron chi connectivity index (χ2n) is 9.38. The van der Waals surface area contributed by atoms with Crippen LogP contribution in [-0.2, 0) is 9.53 Å². The van der Waals surface area contributed by atoms with Crippen LogP contribution in [0.5, 0.6) is 5.75 Å². The number of carbonyl (C=O) groups is 2. The number of allylic oxidation sites excluding steroid dienone is 1. The maximum absolute atomic E-state index is 14.0. The maximum Gasteiger partial charge on any atom is 0.338 e. The highest BCUT2D eigenvalue weighted by atomic mass is 35.5. The Morgan fingerprint density at radius 3 is 2.57 bits per heavy atom. The Morgan fingerprint density at radius 2 is 1.90 bits per heavy atom. The lowest BCUT2D eigenvalue weighted by molar-refractivity contribution is -0.139. The topological polar surface area (TPSA) is 120 Å². The number of carboxylic acid groups (broad SMARTS) is 1. The Hall–Kier alpha value is -4.41. The van der Waals surface area contributed by atoms with Gasteiger partial charge in [-0.1, -0.05) is 48.4 Å². The number of benzene rings is 2. The van der Waals surface area contributed by atoms with Crippen LogP contribution in [0.4, 0.5) is 0 Å². The number of methoxy groups -OCH3 is 1. The third-order valence-corrected chi connectivity index (χ3v) is 7.91. The van der Waals surface area contributed by atoms with Gasteiger partial charge in [0.2, 0.25) is 0 Å². The molecule has 1 aliphatic heterocycles. The molecular formula is C31H27ClN2O7S. The lowest BCUT2D eigenvalue weighted by Gasteiger charge is -2.27. The van der Waals surface area contributed by atoms with Gasteiger partial charge in [0.05, 0.1) is 35.1 Å². The van der Waals surface area contributed by atoms with Crippen molar-refractivity contribution >= 4 is 41.0 Å². The molecule has 9 nitrogen and oxygen atoms in total. The summed E-state index contributed by atoms with van der Waals surface area (Å²) in [6, 6.07) is 14.0. The number of aromatic carboxylic acids is 1. The number of fused-ring (bicyclic) bond motifs is 1. The van der Waals surface area contributed by atoms with Crippen molar-refractivity contribution in [3.63, 3.8) is 0 Å². The zero-order valence-corrected chi connectivity index (χ0v) is 24.6. The molecule has 0 spiro atoms. The fraction of sp³-hybridized carbons (Fsp3) is 0.226. The number of carboxylic acids is 1. The molecule has 0 amide bonds. The maximum atomic E-state index is 14.0. The van der Waals surface area contributed by atoms with Crippen LogP contribution in [-0.4, -0.2) is 35.3 Å². The molecule has 1 N–H and O–H groups in total. The van der Waals surface area contributed by atoms with Crippen molar-refractivity contribution in [2.24, 2.45) is 4.99 Å². The fourth-order valence-corrected chi connectivity index (χ4v) is 6.01. The van der Waals surface area contributed by atoms with Gasteiger partial charge in [-0.15, -0.1) is 0 Å². The molecule has 0 radical (unpaired) electrons. The van der Waals surface area contributed by atoms with Crippen molar-refractivity contribution in [3.05, 3.63) is 107 Å². The standard InChI is InChI=1S/C31H27ClN2O7S/c1-4-6-22-26(30(38)40-5-2)27(21-15-19(32)11-13-24(21)39-3)34-28(35)25(42-31(34)33-22)16-20-12-14-23(41-20)17-7-9-18(10-8-17)29(36)37/h7-16,27H,4-6H2,1-3H3,(H,36,37)/b25-16+/t27-/m0/s1. The van der Waals surface area contributed by atoms with Crippen molar-refractivity contribution in [1.82, 2.24) is 4.57 Å². The van der Waals surface area contributed by atoms with E-state index < -0.39 is 18.0 Å². The number of carbonyl (C=O) groups excluding carboxylic acids is 1. The summed E-state index contributed by atoms with van der Waals surface area (Å²) >= 11 is 7.57. The Kier molecular flexibility index (Phi) is 8.46. The van der Waals surface area contributed by atoms with Gasteiger partial charge in [-0.05, 0) is 55.8 Å². The Bertz CT molecular complexity index is 1880. The number of hydrogen-bond acceptors (Lipinski definition) is 8. The molecule has 42 heavy (non-hydrogen) atoms. The highest BCUT2D eigenvalue weighted by Gasteiger charge is 2.36. The fourth-order valence-electron chi connectivity index (χ4n) is 4.83. The van der Waals surface area contributed by atoms with Crippen LogP contribution in [0.25, 0.3) is 17.4 Å². The molecule has 0 saturated carbocycles. The predicted molar refractivity (Wildman–Crippen MR) is 159 cm³/mol. The minimum Gasteiger partial charge on any atom is -0.496 e. The summed E-state index contributed by atoms with van der Waals surface area (Å²) < 4.78 is 18.9. The van der Waals surface area contributed by atoms with Crippen molar-refractivity contribution in [3.8, 4) is 17.1 Å². The molecule has 1 aliphatic rings. The van der Waals surface area contributed by atoms with E-state index >= 15 is 0 Å². The van der Waals surface area contributed by atoms with Crippen LogP contribution in [0.1, 0.15) is 54.4 Å². The molecule has 11 heteroatoms. The first-order valence-corrected chi connectivity index (χ1v) is 14.4. The van der Waals surface area contributed by atoms with E-state index in [1.54, 1.807) is 55.5 Å². The number of halogens is 1. The van der Waals surface area contributed by atoms with Gasteiger partial charge >= 0.3 is 11.9 Å². The molecular weight excluding hydrogens is 580 g/mol. The highest BCUT2D eigenvalue weighted by molar-refractivity contribution is 7.07. The molecule has 0 bridgehead atoms. The first-order valence-electron chi connectivity index (χ1n) is 13.2. The number of nitrogens with zero attached hydrogens (tertiary/aromatic N) is 2. The minimum atomic E-state index is -1.01. The molecule has 0 saturated heterocycles. The van der Waals surface area contributed by atoms with Crippen LogP contribution in [0.15, 0.2) is 80.1 Å². The van der Waals surface area contributed by atoms with Crippen LogP contribution >= 0.6 is 22.9 Å². The molecule has 1 atom stereocenters. The van der Waals surface area contributed by atoms with Crippen LogP contribution in [0.3, 0.4) is 0 Å². The van der Waals surface area contributed by atoms with Gasteiger partial charge in [0.15, 0.2) is 4.80 Å². The van der Waals surface area contributed by atoms with Gasteiger partial charge in [0.1, 0.15) is 23.3 Å². The van der Waals surface area contributed by atoms with Crippen LogP contribution in [0, 0.1) is 0 Å². The predicted octanol–water partition coefficient (Wildman–Crippen LogP) is 5.20. The Balaban J connectivity index is 1.67. The molecule has 2 aromatic heterocycles. The van der Waals surface area contributed by atoms with Crippen molar-refractivity contribution in [1.29, 1.82) is 0 Å². The quantitative estimate of drug-likeness (QED) is 0.260. The number of esters is 1. The van der Waals surface area contributed by atoms with E-state index in [9.17, 15) is 14.4 Å². The third kappa shape index (κ3) is 5.55. The molecule has 216 valence electrons. The second-order valence-corrected chi connectivity index (χ2v) is 10.8. The monoisotopic (exact) mass is 606 g/mol. The van der Waals surface area contributed by atoms with Gasteiger partial charge in [-0.2, -0.15) is 0 Å². The number of hydrogen-bond donors (Lipinski definition) is 1. The summed E-state index contributed by atoms with van der Waals surface area (Å²) in [6.07, 6.45) is 2.85. The normalized spacial score (nSPS) is 14.9. The number of aromatic nitrogens is 1. The first kappa shape index (κ1) is 29.1. The summed E-state index contributed by atoms with van der Waals surface area (Å²) in [4.78, 5) is 43.7. The first-order chi connectivity index (χ1) is 20.2. The molecule has 0 fully saturated rings. The van der Waals surface area contributed by atoms with E-state index in [1.807, 2.05) is 6.92 Å². The number of rotatable bonds is 9. The lowest BCUT2D eigenvalue weighted by Crippen LogP contribution is -2.40. The zero-order valence-electron chi connectivity index (χ0n) is 23.0. The van der Waals surface area contributed by atoms with E-state index in [4.69, 9.17) is 35.6 Å². The summed E-state index contributed by atoms with van der Waals surface area (Å²) in [5.41, 5.74) is 1.84. The summed E-state index contributed by atoms with van der Waals surface area (Å²) in [5.74, 6) is -0.173. The summed E-state index contributed by atoms with van der Waals surface area (Å²) in [5, 5.41) is 9.58. The van der Waals surface area contributed by atoms with Crippen molar-refractivity contribution in [2.75, 3.05) is 13.7 Å². The van der Waals surface area contributed by atoms with E-state index in [-0.39, 0.29) is 23.3 Å². The Morgan fingerprint density at radius 1 is 1.14 bits per heavy atom. The highest BCUT2D eigenvalue weighted by Crippen LogP contribution is 2.38. The number of ether oxygens (including phenoxy) is 2. The molecule has 2 aromatic carbocycles.